The van der Waals surface area contributed by atoms with E-state index in [1.54, 1.807) is 30.7 Å². The maximum absolute atomic E-state index is 13.5. The Kier molecular flexibility index (Phi) is 6.22. The summed E-state index contributed by atoms with van der Waals surface area (Å²) in [6.45, 7) is 1.77. The van der Waals surface area contributed by atoms with Gasteiger partial charge in [-0.05, 0) is 47.4 Å². The number of pyridine rings is 2. The van der Waals surface area contributed by atoms with Gasteiger partial charge in [0.1, 0.15) is 10.8 Å². The van der Waals surface area contributed by atoms with E-state index in [-0.39, 0.29) is 22.0 Å². The first-order chi connectivity index (χ1) is 17.5. The Morgan fingerprint density at radius 1 is 0.973 bits per heavy atom. The Balaban J connectivity index is 1.83. The molecule has 0 fully saturated rings. The van der Waals surface area contributed by atoms with Crippen molar-refractivity contribution in [3.8, 4) is 11.1 Å². The minimum Gasteiger partial charge on any atom is -0.374 e. The smallest absolute Gasteiger partial charge is 0.374 e. The fraction of sp³-hybridized carbons (Fsp3) is 0.148. The Morgan fingerprint density at radius 3 is 2.35 bits per heavy atom. The second-order valence-electron chi connectivity index (χ2n) is 8.67. The van der Waals surface area contributed by atoms with Crippen molar-refractivity contribution in [2.24, 2.45) is 7.05 Å². The molecule has 3 heterocycles. The fourth-order valence-electron chi connectivity index (χ4n) is 4.51. The van der Waals surface area contributed by atoms with Crippen LogP contribution in [0.2, 0.25) is 10.2 Å². The third kappa shape index (κ3) is 4.25. The molecule has 0 spiro atoms. The molecule has 2 aromatic carbocycles. The standard InChI is InChI=1S/C27H19Cl2F3N4O/c1-15-10-18(11-19-23(28)22(25(29)35-24(15)19)16-6-4-3-5-7-16)26(37,21-13-33-14-36(21)2)17-8-9-34-20(12-17)27(30,31)32/h3-14,37H,1-2H3. The number of aryl methyl sites for hydroxylation is 2. The molecule has 1 unspecified atom stereocenters. The zero-order valence-electron chi connectivity index (χ0n) is 19.6. The number of benzene rings is 2. The minimum absolute atomic E-state index is 0.0292. The third-order valence-corrected chi connectivity index (χ3v) is 6.97. The van der Waals surface area contributed by atoms with Crippen LogP contribution in [-0.2, 0) is 18.8 Å². The Morgan fingerprint density at radius 2 is 1.70 bits per heavy atom. The number of nitrogens with zero attached hydrogens (tertiary/aromatic N) is 4. The van der Waals surface area contributed by atoms with Gasteiger partial charge < -0.3 is 9.67 Å². The largest absolute Gasteiger partial charge is 0.433 e. The Labute approximate surface area is 220 Å². The summed E-state index contributed by atoms with van der Waals surface area (Å²) in [5.41, 5.74) is -0.237. The van der Waals surface area contributed by atoms with Crippen molar-refractivity contribution >= 4 is 34.1 Å². The maximum atomic E-state index is 13.5. The highest BCUT2D eigenvalue weighted by Crippen LogP contribution is 2.44. The predicted octanol–water partition coefficient (Wildman–Crippen LogP) is 6.95. The SMILES string of the molecule is Cc1cc(C(O)(c2ccnc(C(F)(F)F)c2)c2cncn2C)cc2c(Cl)c(-c3ccccc3)c(Cl)nc12. The highest BCUT2D eigenvalue weighted by molar-refractivity contribution is 6.42. The number of rotatable bonds is 4. The molecule has 37 heavy (non-hydrogen) atoms. The lowest BCUT2D eigenvalue weighted by atomic mass is 9.82. The Bertz CT molecular complexity index is 1640. The first-order valence-corrected chi connectivity index (χ1v) is 11.9. The highest BCUT2D eigenvalue weighted by atomic mass is 35.5. The summed E-state index contributed by atoms with van der Waals surface area (Å²) in [5.74, 6) is 0. The van der Waals surface area contributed by atoms with Crippen molar-refractivity contribution in [1.82, 2.24) is 19.5 Å². The van der Waals surface area contributed by atoms with E-state index in [9.17, 15) is 18.3 Å². The summed E-state index contributed by atoms with van der Waals surface area (Å²) < 4.78 is 42.2. The van der Waals surface area contributed by atoms with Crippen molar-refractivity contribution in [2.45, 2.75) is 18.7 Å². The molecule has 5 nitrogen and oxygen atoms in total. The summed E-state index contributed by atoms with van der Waals surface area (Å²) in [6.07, 6.45) is -0.807. The van der Waals surface area contributed by atoms with E-state index >= 15 is 0 Å². The molecule has 0 amide bonds. The monoisotopic (exact) mass is 542 g/mol. The number of fused-ring (bicyclic) bond motifs is 1. The van der Waals surface area contributed by atoms with E-state index in [1.165, 1.54) is 18.6 Å². The zero-order chi connectivity index (χ0) is 26.5. The molecule has 0 radical (unpaired) electrons. The van der Waals surface area contributed by atoms with E-state index < -0.39 is 17.5 Å². The maximum Gasteiger partial charge on any atom is 0.433 e. The van der Waals surface area contributed by atoms with Crippen LogP contribution in [0.5, 0.6) is 0 Å². The van der Waals surface area contributed by atoms with Crippen LogP contribution in [0.3, 0.4) is 0 Å². The molecule has 0 aliphatic rings. The second kappa shape index (κ2) is 9.13. The summed E-state index contributed by atoms with van der Waals surface area (Å²) in [4.78, 5) is 12.1. The van der Waals surface area contributed by atoms with Crippen molar-refractivity contribution in [3.05, 3.63) is 112 Å². The highest BCUT2D eigenvalue weighted by Gasteiger charge is 2.40. The second-order valence-corrected chi connectivity index (χ2v) is 9.41. The molecule has 1 atom stereocenters. The molecular formula is C27H19Cl2F3N4O. The predicted molar refractivity (Wildman–Crippen MR) is 136 cm³/mol. The van der Waals surface area contributed by atoms with Crippen LogP contribution in [0.25, 0.3) is 22.0 Å². The molecule has 3 aromatic heterocycles. The van der Waals surface area contributed by atoms with E-state index in [4.69, 9.17) is 23.2 Å². The zero-order valence-corrected chi connectivity index (χ0v) is 21.1. The molecule has 0 saturated carbocycles. The normalized spacial score (nSPS) is 13.6. The number of imidazole rings is 1. The first-order valence-electron chi connectivity index (χ1n) is 11.1. The van der Waals surface area contributed by atoms with E-state index in [1.807, 2.05) is 30.3 Å². The molecule has 0 aliphatic carbocycles. The van der Waals surface area contributed by atoms with Gasteiger partial charge in [0.2, 0.25) is 0 Å². The van der Waals surface area contributed by atoms with Gasteiger partial charge >= 0.3 is 6.18 Å². The lowest BCUT2D eigenvalue weighted by Gasteiger charge is -2.31. The van der Waals surface area contributed by atoms with Gasteiger partial charge in [0, 0.05) is 24.2 Å². The molecule has 0 bridgehead atoms. The number of alkyl halides is 3. The Hall–Kier alpha value is -3.46. The van der Waals surface area contributed by atoms with Crippen molar-refractivity contribution < 1.29 is 18.3 Å². The van der Waals surface area contributed by atoms with E-state index in [2.05, 4.69) is 15.0 Å². The van der Waals surface area contributed by atoms with Crippen LogP contribution in [0, 0.1) is 6.92 Å². The average molecular weight is 543 g/mol. The van der Waals surface area contributed by atoms with Crippen LogP contribution < -0.4 is 0 Å². The van der Waals surface area contributed by atoms with Gasteiger partial charge in [-0.1, -0.05) is 59.6 Å². The first kappa shape index (κ1) is 25.2. The number of halogens is 5. The number of aliphatic hydroxyl groups is 1. The van der Waals surface area contributed by atoms with Crippen LogP contribution in [0.1, 0.15) is 28.1 Å². The fourth-order valence-corrected chi connectivity index (χ4v) is 5.19. The molecular weight excluding hydrogens is 524 g/mol. The minimum atomic E-state index is -4.70. The summed E-state index contributed by atoms with van der Waals surface area (Å²) in [6, 6.07) is 14.7. The molecule has 5 aromatic rings. The number of aromatic nitrogens is 4. The van der Waals surface area contributed by atoms with Gasteiger partial charge in [-0.3, -0.25) is 4.98 Å². The number of hydrogen-bond acceptors (Lipinski definition) is 4. The quantitative estimate of drug-likeness (QED) is 0.249. The van der Waals surface area contributed by atoms with Gasteiger partial charge in [0.15, 0.2) is 5.60 Å². The molecule has 0 aliphatic heterocycles. The van der Waals surface area contributed by atoms with Gasteiger partial charge in [-0.2, -0.15) is 13.2 Å². The molecule has 1 N–H and O–H groups in total. The van der Waals surface area contributed by atoms with Gasteiger partial charge in [-0.25, -0.2) is 9.97 Å². The summed E-state index contributed by atoms with van der Waals surface area (Å²) in [5, 5.41) is 13.3. The topological polar surface area (TPSA) is 63.8 Å². The third-order valence-electron chi connectivity index (χ3n) is 6.31. The van der Waals surface area contributed by atoms with Gasteiger partial charge in [-0.15, -0.1) is 0 Å². The van der Waals surface area contributed by atoms with Crippen LogP contribution in [0.15, 0.2) is 73.3 Å². The lowest BCUT2D eigenvalue weighted by molar-refractivity contribution is -0.141. The molecule has 5 rings (SSSR count). The number of hydrogen-bond donors (Lipinski definition) is 1. The summed E-state index contributed by atoms with van der Waals surface area (Å²) >= 11 is 13.4. The van der Waals surface area contributed by atoms with Crippen molar-refractivity contribution in [1.29, 1.82) is 0 Å². The molecule has 188 valence electrons. The van der Waals surface area contributed by atoms with Gasteiger partial charge in [0.25, 0.3) is 0 Å². The average Bonchev–Trinajstić information content (AvgIpc) is 3.30. The summed E-state index contributed by atoms with van der Waals surface area (Å²) in [7, 11) is 1.65. The van der Waals surface area contributed by atoms with Crippen LogP contribution in [-0.4, -0.2) is 24.6 Å². The molecule has 10 heteroatoms. The molecule has 0 saturated heterocycles. The van der Waals surface area contributed by atoms with Crippen LogP contribution >= 0.6 is 23.2 Å². The van der Waals surface area contributed by atoms with Crippen molar-refractivity contribution in [3.63, 3.8) is 0 Å². The lowest BCUT2D eigenvalue weighted by Crippen LogP contribution is -2.32. The van der Waals surface area contributed by atoms with Gasteiger partial charge in [0.05, 0.1) is 28.8 Å². The van der Waals surface area contributed by atoms with E-state index in [0.29, 0.717) is 27.1 Å². The van der Waals surface area contributed by atoms with Crippen molar-refractivity contribution in [2.75, 3.05) is 0 Å². The van der Waals surface area contributed by atoms with Crippen LogP contribution in [0.4, 0.5) is 13.2 Å². The van der Waals surface area contributed by atoms with E-state index in [0.717, 1.165) is 17.8 Å².